The fourth-order valence-electron chi connectivity index (χ4n) is 1.27. The monoisotopic (exact) mass is 173 g/mol. The maximum atomic E-state index is 11.1. The zero-order chi connectivity index (χ0) is 9.26. The summed E-state index contributed by atoms with van der Waals surface area (Å²) in [6, 6.07) is 9.69. The molecule has 0 bridgehead atoms. The normalized spacial score (nSPS) is 10.2. The van der Waals surface area contributed by atoms with Crippen LogP contribution in [0.1, 0.15) is 5.56 Å². The Kier molecular flexibility index (Phi) is 1.77. The molecule has 0 spiro atoms. The Hall–Kier alpha value is -1.77. The van der Waals surface area contributed by atoms with Gasteiger partial charge in [0.15, 0.2) is 0 Å². The minimum atomic E-state index is -0.182. The van der Waals surface area contributed by atoms with Gasteiger partial charge < -0.3 is 5.11 Å². The number of aromatic nitrogens is 2. The quantitative estimate of drug-likeness (QED) is 0.709. The summed E-state index contributed by atoms with van der Waals surface area (Å²) in [6.07, 6.45) is 0. The van der Waals surface area contributed by atoms with Gasteiger partial charge in [-0.25, -0.2) is 0 Å². The summed E-state index contributed by atoms with van der Waals surface area (Å²) in [5.74, 6) is -0.182. The van der Waals surface area contributed by atoms with Crippen molar-refractivity contribution in [2.24, 2.45) is 0 Å². The van der Waals surface area contributed by atoms with Crippen molar-refractivity contribution < 1.29 is 5.11 Å². The smallest absolute Gasteiger partial charge is 0.0672 e. The van der Waals surface area contributed by atoms with E-state index in [1.807, 2.05) is 30.3 Å². The third-order valence-corrected chi connectivity index (χ3v) is 2.03. The van der Waals surface area contributed by atoms with Crippen molar-refractivity contribution in [3.05, 3.63) is 35.9 Å². The zero-order valence-electron chi connectivity index (χ0n) is 7.24. The summed E-state index contributed by atoms with van der Waals surface area (Å²) in [4.78, 5) is 0. The van der Waals surface area contributed by atoms with Gasteiger partial charge in [0.1, 0.15) is 0 Å². The largest absolute Gasteiger partial charge is 0.857 e. The molecule has 0 unspecified atom stereocenters. The Bertz CT molecular complexity index is 406. The highest BCUT2D eigenvalue weighted by Crippen LogP contribution is 2.24. The lowest BCUT2D eigenvalue weighted by Crippen LogP contribution is -1.90. The Morgan fingerprint density at radius 2 is 1.92 bits per heavy atom. The minimum Gasteiger partial charge on any atom is -0.857 e. The van der Waals surface area contributed by atoms with E-state index in [0.717, 1.165) is 11.3 Å². The van der Waals surface area contributed by atoms with E-state index >= 15 is 0 Å². The SMILES string of the molecule is Cc1c([O-])n[nH]c1-c1ccccc1. The van der Waals surface area contributed by atoms with Crippen LogP contribution in [0.2, 0.25) is 0 Å². The molecule has 3 nitrogen and oxygen atoms in total. The van der Waals surface area contributed by atoms with Crippen LogP contribution in [0, 0.1) is 6.92 Å². The van der Waals surface area contributed by atoms with Crippen molar-refractivity contribution in [3.8, 4) is 17.1 Å². The van der Waals surface area contributed by atoms with Gasteiger partial charge in [0, 0.05) is 5.88 Å². The first-order valence-electron chi connectivity index (χ1n) is 4.06. The van der Waals surface area contributed by atoms with E-state index in [4.69, 9.17) is 0 Å². The van der Waals surface area contributed by atoms with Crippen LogP contribution in [-0.2, 0) is 0 Å². The highest BCUT2D eigenvalue weighted by molar-refractivity contribution is 5.64. The second kappa shape index (κ2) is 2.94. The number of aromatic amines is 1. The average molecular weight is 173 g/mol. The predicted molar refractivity (Wildman–Crippen MR) is 48.2 cm³/mol. The number of hydrogen-bond donors (Lipinski definition) is 1. The molecule has 0 saturated heterocycles. The van der Waals surface area contributed by atoms with E-state index in [1.54, 1.807) is 6.92 Å². The van der Waals surface area contributed by atoms with Crippen LogP contribution in [0.4, 0.5) is 0 Å². The van der Waals surface area contributed by atoms with E-state index in [0.29, 0.717) is 5.56 Å². The number of rotatable bonds is 1. The van der Waals surface area contributed by atoms with Crippen LogP contribution in [-0.4, -0.2) is 10.2 Å². The van der Waals surface area contributed by atoms with Crippen molar-refractivity contribution in [1.82, 2.24) is 10.2 Å². The first-order chi connectivity index (χ1) is 6.29. The molecule has 0 aliphatic carbocycles. The number of hydrogen-bond acceptors (Lipinski definition) is 2. The van der Waals surface area contributed by atoms with Gasteiger partial charge in [0.2, 0.25) is 0 Å². The second-order valence-corrected chi connectivity index (χ2v) is 2.89. The molecule has 1 N–H and O–H groups in total. The van der Waals surface area contributed by atoms with Gasteiger partial charge in [0.05, 0.1) is 5.69 Å². The van der Waals surface area contributed by atoms with Crippen molar-refractivity contribution in [2.75, 3.05) is 0 Å². The third-order valence-electron chi connectivity index (χ3n) is 2.03. The fourth-order valence-corrected chi connectivity index (χ4v) is 1.27. The van der Waals surface area contributed by atoms with E-state index in [1.165, 1.54) is 0 Å². The van der Waals surface area contributed by atoms with Crippen LogP contribution >= 0.6 is 0 Å². The minimum absolute atomic E-state index is 0.182. The molecule has 0 saturated carbocycles. The van der Waals surface area contributed by atoms with Gasteiger partial charge in [0.25, 0.3) is 0 Å². The molecule has 13 heavy (non-hydrogen) atoms. The molecule has 0 atom stereocenters. The van der Waals surface area contributed by atoms with Crippen LogP contribution in [0.5, 0.6) is 5.88 Å². The molecule has 66 valence electrons. The van der Waals surface area contributed by atoms with E-state index < -0.39 is 0 Å². The van der Waals surface area contributed by atoms with Crippen molar-refractivity contribution in [3.63, 3.8) is 0 Å². The van der Waals surface area contributed by atoms with E-state index in [9.17, 15) is 5.11 Å². The molecule has 2 rings (SSSR count). The van der Waals surface area contributed by atoms with Crippen molar-refractivity contribution in [1.29, 1.82) is 0 Å². The molecule has 0 aliphatic rings. The van der Waals surface area contributed by atoms with Gasteiger partial charge >= 0.3 is 0 Å². The summed E-state index contributed by atoms with van der Waals surface area (Å²) in [5.41, 5.74) is 2.48. The molecule has 1 aromatic carbocycles. The lowest BCUT2D eigenvalue weighted by Gasteiger charge is -2.01. The Morgan fingerprint density at radius 3 is 2.46 bits per heavy atom. The maximum Gasteiger partial charge on any atom is 0.0672 e. The highest BCUT2D eigenvalue weighted by Gasteiger charge is 2.03. The van der Waals surface area contributed by atoms with Crippen LogP contribution in [0.3, 0.4) is 0 Å². The lowest BCUT2D eigenvalue weighted by molar-refractivity contribution is -0.275. The van der Waals surface area contributed by atoms with Crippen LogP contribution < -0.4 is 5.11 Å². The molecule has 0 aliphatic heterocycles. The number of nitrogens with one attached hydrogen (secondary N) is 1. The van der Waals surface area contributed by atoms with Crippen molar-refractivity contribution >= 4 is 0 Å². The summed E-state index contributed by atoms with van der Waals surface area (Å²) < 4.78 is 0. The lowest BCUT2D eigenvalue weighted by atomic mass is 10.1. The molecule has 0 fully saturated rings. The van der Waals surface area contributed by atoms with Crippen LogP contribution in [0.25, 0.3) is 11.3 Å². The fraction of sp³-hybridized carbons (Fsp3) is 0.100. The molecular formula is C10H9N2O-. The van der Waals surface area contributed by atoms with Crippen LogP contribution in [0.15, 0.2) is 30.3 Å². The van der Waals surface area contributed by atoms with E-state index in [-0.39, 0.29) is 5.88 Å². The Labute approximate surface area is 76.0 Å². The molecule has 2 aromatic rings. The number of H-pyrrole nitrogens is 1. The highest BCUT2D eigenvalue weighted by atomic mass is 16.3. The molecule has 0 amide bonds. The molecule has 1 heterocycles. The zero-order valence-corrected chi connectivity index (χ0v) is 7.24. The van der Waals surface area contributed by atoms with Gasteiger partial charge in [-0.3, -0.25) is 5.10 Å². The number of benzene rings is 1. The topological polar surface area (TPSA) is 51.7 Å². The second-order valence-electron chi connectivity index (χ2n) is 2.89. The summed E-state index contributed by atoms with van der Waals surface area (Å²) >= 11 is 0. The first kappa shape index (κ1) is 7.86. The van der Waals surface area contributed by atoms with Gasteiger partial charge in [-0.15, -0.1) is 0 Å². The standard InChI is InChI=1S/C10H10N2O/c1-7-9(11-12-10(7)13)8-5-3-2-4-6-8/h2-6H,1H3,(H2,11,12,13)/p-1. The molecule has 3 heteroatoms. The maximum absolute atomic E-state index is 11.1. The molecule has 0 radical (unpaired) electrons. The number of nitrogens with zero attached hydrogens (tertiary/aromatic N) is 1. The molecular weight excluding hydrogens is 164 g/mol. The summed E-state index contributed by atoms with van der Waals surface area (Å²) in [5, 5.41) is 17.4. The Balaban J connectivity index is 2.53. The molecule has 1 aromatic heterocycles. The Morgan fingerprint density at radius 1 is 1.23 bits per heavy atom. The van der Waals surface area contributed by atoms with E-state index in [2.05, 4.69) is 10.2 Å². The van der Waals surface area contributed by atoms with Gasteiger partial charge in [-0.05, 0) is 18.1 Å². The third kappa shape index (κ3) is 1.28. The van der Waals surface area contributed by atoms with Gasteiger partial charge in [-0.2, -0.15) is 5.10 Å². The van der Waals surface area contributed by atoms with Crippen molar-refractivity contribution in [2.45, 2.75) is 6.92 Å². The summed E-state index contributed by atoms with van der Waals surface area (Å²) in [7, 11) is 0. The summed E-state index contributed by atoms with van der Waals surface area (Å²) in [6.45, 7) is 1.77. The predicted octanol–water partition coefficient (Wildman–Crippen LogP) is 1.46. The first-order valence-corrected chi connectivity index (χ1v) is 4.06. The van der Waals surface area contributed by atoms with Gasteiger partial charge in [-0.1, -0.05) is 30.3 Å². The average Bonchev–Trinajstić information content (AvgIpc) is 2.49.